The summed E-state index contributed by atoms with van der Waals surface area (Å²) in [6, 6.07) is 56.2. The Hall–Kier alpha value is -6.78. The summed E-state index contributed by atoms with van der Waals surface area (Å²) >= 11 is 0. The molecule has 0 amide bonds. The molecule has 3 unspecified atom stereocenters. The molecule has 3 nitrogen and oxygen atoms in total. The van der Waals surface area contributed by atoms with Crippen molar-refractivity contribution >= 4 is 57.2 Å². The first kappa shape index (κ1) is 53.0. The minimum atomic E-state index is -0.217. The number of para-hydroxylation sites is 1. The van der Waals surface area contributed by atoms with Gasteiger partial charge in [0.1, 0.15) is 12.4 Å². The molecule has 7 aliphatic rings. The van der Waals surface area contributed by atoms with Crippen LogP contribution in [0.4, 0.5) is 34.1 Å². The zero-order valence-electron chi connectivity index (χ0n) is 52.4. The molecular weight excluding hydrogens is 1000 g/mol. The minimum absolute atomic E-state index is 0.00836. The van der Waals surface area contributed by atoms with Crippen LogP contribution in [0.1, 0.15) is 207 Å². The minimum Gasteiger partial charge on any atom is -0.488 e. The lowest BCUT2D eigenvalue weighted by atomic mass is 9.33. The lowest BCUT2D eigenvalue weighted by molar-refractivity contribution is 0.0763. The monoisotopic (exact) mass is 1090 g/mol. The number of nitrogens with zero attached hydrogens (tertiary/aromatic N) is 2. The topological polar surface area (TPSA) is 15.7 Å². The Balaban J connectivity index is 0.966. The number of hydrogen-bond acceptors (Lipinski definition) is 3. The number of hydrogen-bond donors (Lipinski definition) is 0. The molecule has 8 aromatic carbocycles. The Bertz CT molecular complexity index is 4110. The predicted octanol–water partition coefficient (Wildman–Crippen LogP) is 18.7. The van der Waals surface area contributed by atoms with Crippen molar-refractivity contribution in [3.63, 3.8) is 0 Å². The Kier molecular flexibility index (Phi) is 11.1. The third-order valence-electron chi connectivity index (χ3n) is 23.1. The summed E-state index contributed by atoms with van der Waals surface area (Å²) in [5, 5.41) is 0. The summed E-state index contributed by atoms with van der Waals surface area (Å²) in [4.78, 5) is 5.42. The van der Waals surface area contributed by atoms with Crippen LogP contribution in [0.25, 0.3) is 11.1 Å². The van der Waals surface area contributed by atoms with E-state index in [4.69, 9.17) is 4.74 Å². The molecular formula is C79H85BN2O. The summed E-state index contributed by atoms with van der Waals surface area (Å²) < 4.78 is 6.41. The standard InChI is InChI=1S/C79H85BN2O/c1-47-36-69-72-70(37-47)82(66-43-61-60(38-48(66)2)74(6,7)46-75(61,8)9)68-44-63-62(76(10,11)57-23-17-18-24-58(57)77(63,12)13)42-65(68)80(72)64-33-27-49(39-67(64)81(69)52-30-28-50-45-83-71-25-19-16-22-53(71)55(50)41-52)26-32-56-54-31-29-51(73(3,4)5)40-59(54)79(15)35-21-20-34-78(56,79)14/h16-19,22-25,27-31,33,36-44,56H,20-21,26,32,34-35,45-46H2,1-15H3. The molecule has 420 valence electrons. The normalized spacial score (nSPS) is 22.8. The van der Waals surface area contributed by atoms with E-state index in [0.29, 0.717) is 12.5 Å². The van der Waals surface area contributed by atoms with Crippen LogP contribution in [0, 0.1) is 19.3 Å². The van der Waals surface area contributed by atoms with Gasteiger partial charge in [-0.2, -0.15) is 0 Å². The first-order valence-electron chi connectivity index (χ1n) is 31.6. The van der Waals surface area contributed by atoms with Crippen LogP contribution >= 0.6 is 0 Å². The van der Waals surface area contributed by atoms with E-state index in [1.54, 1.807) is 11.1 Å². The van der Waals surface area contributed by atoms with Crippen molar-refractivity contribution in [3.8, 4) is 16.9 Å². The summed E-state index contributed by atoms with van der Waals surface area (Å²) in [6.45, 7) is 37.5. The fraction of sp³-hybridized carbons (Fsp3) is 0.392. The van der Waals surface area contributed by atoms with E-state index in [9.17, 15) is 0 Å². The van der Waals surface area contributed by atoms with E-state index in [-0.39, 0.29) is 44.6 Å². The molecule has 83 heavy (non-hydrogen) atoms. The zero-order chi connectivity index (χ0) is 57.9. The third kappa shape index (κ3) is 7.35. The average Bonchev–Trinajstić information content (AvgIpc) is 2.73. The molecule has 1 saturated carbocycles. The van der Waals surface area contributed by atoms with Gasteiger partial charge < -0.3 is 14.5 Å². The molecule has 0 bridgehead atoms. The van der Waals surface area contributed by atoms with Crippen molar-refractivity contribution < 1.29 is 4.74 Å². The van der Waals surface area contributed by atoms with Crippen molar-refractivity contribution in [3.05, 3.63) is 212 Å². The molecule has 0 radical (unpaired) electrons. The summed E-state index contributed by atoms with van der Waals surface area (Å²) in [5.74, 6) is 1.45. The molecule has 15 rings (SSSR count). The molecule has 1 fully saturated rings. The van der Waals surface area contributed by atoms with Crippen LogP contribution in [0.15, 0.2) is 140 Å². The van der Waals surface area contributed by atoms with Crippen LogP contribution in [-0.2, 0) is 45.5 Å². The van der Waals surface area contributed by atoms with E-state index in [1.807, 2.05) is 0 Å². The van der Waals surface area contributed by atoms with Crippen molar-refractivity contribution in [2.75, 3.05) is 9.80 Å². The summed E-state index contributed by atoms with van der Waals surface area (Å²) in [5.41, 5.74) is 33.1. The van der Waals surface area contributed by atoms with Gasteiger partial charge in [0.2, 0.25) is 0 Å². The van der Waals surface area contributed by atoms with Crippen molar-refractivity contribution in [1.29, 1.82) is 0 Å². The molecule has 0 aromatic heterocycles. The highest BCUT2D eigenvalue weighted by atomic mass is 16.5. The molecule has 3 heterocycles. The molecule has 3 aliphatic heterocycles. The van der Waals surface area contributed by atoms with Gasteiger partial charge in [-0.3, -0.25) is 0 Å². The highest BCUT2D eigenvalue weighted by Crippen LogP contribution is 2.67. The number of aryl methyl sites for hydroxylation is 3. The van der Waals surface area contributed by atoms with Gasteiger partial charge in [-0.25, -0.2) is 0 Å². The number of ether oxygens (including phenoxy) is 1. The SMILES string of the molecule is Cc1cc2c3c(c1)N(c1cc4c(cc1C)C(C)(C)CC4(C)C)c1cc4c(cc1B3c1ccc(CCC3c5ccc(C(C)(C)C)cc5C5(C)CCCCC35C)cc1N2c1ccc2c(c1)-c1ccccc1OC2)C(C)(C)c1ccccc1C4(C)C. The van der Waals surface area contributed by atoms with Gasteiger partial charge in [0.15, 0.2) is 0 Å². The van der Waals surface area contributed by atoms with E-state index < -0.39 is 0 Å². The molecule has 4 aliphatic carbocycles. The number of anilines is 6. The van der Waals surface area contributed by atoms with Gasteiger partial charge >= 0.3 is 0 Å². The maximum atomic E-state index is 6.41. The highest BCUT2D eigenvalue weighted by Gasteiger charge is 2.58. The van der Waals surface area contributed by atoms with Crippen LogP contribution in [0.5, 0.6) is 5.75 Å². The van der Waals surface area contributed by atoms with Gasteiger partial charge in [0.25, 0.3) is 6.71 Å². The van der Waals surface area contributed by atoms with Crippen LogP contribution < -0.4 is 30.9 Å². The Labute approximate surface area is 497 Å². The Morgan fingerprint density at radius 3 is 1.93 bits per heavy atom. The maximum absolute atomic E-state index is 6.41. The molecule has 8 aromatic rings. The fourth-order valence-electron chi connectivity index (χ4n) is 18.7. The number of fused-ring (bicyclic) bond motifs is 13. The summed E-state index contributed by atoms with van der Waals surface area (Å²) in [6.07, 6.45) is 8.49. The van der Waals surface area contributed by atoms with Crippen molar-refractivity contribution in [1.82, 2.24) is 0 Å². The zero-order valence-corrected chi connectivity index (χ0v) is 52.4. The van der Waals surface area contributed by atoms with Crippen LogP contribution in [0.3, 0.4) is 0 Å². The molecule has 4 heteroatoms. The molecule has 0 N–H and O–H groups in total. The quantitative estimate of drug-likeness (QED) is 0.160. The second-order valence-corrected chi connectivity index (χ2v) is 30.8. The van der Waals surface area contributed by atoms with Gasteiger partial charge in [-0.15, -0.1) is 0 Å². The molecule has 0 saturated heterocycles. The highest BCUT2D eigenvalue weighted by molar-refractivity contribution is 7.00. The van der Waals surface area contributed by atoms with E-state index >= 15 is 0 Å². The van der Waals surface area contributed by atoms with E-state index in [2.05, 4.69) is 253 Å². The van der Waals surface area contributed by atoms with Gasteiger partial charge in [-0.1, -0.05) is 194 Å². The number of benzene rings is 8. The lowest BCUT2D eigenvalue weighted by Crippen LogP contribution is -2.62. The van der Waals surface area contributed by atoms with Crippen molar-refractivity contribution in [2.45, 2.75) is 194 Å². The van der Waals surface area contributed by atoms with E-state index in [0.717, 1.165) is 30.6 Å². The van der Waals surface area contributed by atoms with Gasteiger partial charge in [0, 0.05) is 50.5 Å². The maximum Gasteiger partial charge on any atom is 0.252 e. The number of rotatable bonds is 5. The average molecular weight is 1090 g/mol. The summed E-state index contributed by atoms with van der Waals surface area (Å²) in [7, 11) is 0. The smallest absolute Gasteiger partial charge is 0.252 e. The predicted molar refractivity (Wildman–Crippen MR) is 351 cm³/mol. The fourth-order valence-corrected chi connectivity index (χ4v) is 18.7. The third-order valence-corrected chi connectivity index (χ3v) is 23.1. The molecule has 3 atom stereocenters. The molecule has 0 spiro atoms. The van der Waals surface area contributed by atoms with Gasteiger partial charge in [-0.05, 0) is 222 Å². The lowest BCUT2D eigenvalue weighted by Gasteiger charge is -2.49. The second kappa shape index (κ2) is 17.4. The first-order valence-corrected chi connectivity index (χ1v) is 31.6. The van der Waals surface area contributed by atoms with Crippen LogP contribution in [0.2, 0.25) is 0 Å². The van der Waals surface area contributed by atoms with Gasteiger partial charge in [0.05, 0.1) is 0 Å². The van der Waals surface area contributed by atoms with Crippen LogP contribution in [-0.4, -0.2) is 6.71 Å². The largest absolute Gasteiger partial charge is 0.488 e. The second-order valence-electron chi connectivity index (χ2n) is 30.8. The van der Waals surface area contributed by atoms with E-state index in [1.165, 1.54) is 143 Å². The Morgan fingerprint density at radius 2 is 1.19 bits per heavy atom. The Morgan fingerprint density at radius 1 is 0.542 bits per heavy atom. The van der Waals surface area contributed by atoms with Crippen molar-refractivity contribution in [2.24, 2.45) is 5.41 Å². The first-order chi connectivity index (χ1) is 39.3.